The average molecular weight is 241 g/mol. The molecule has 2 N–H and O–H groups in total. The molecule has 1 amide bonds. The zero-order chi connectivity index (χ0) is 11.8. The summed E-state index contributed by atoms with van der Waals surface area (Å²) in [5.41, 5.74) is 0.770. The van der Waals surface area contributed by atoms with Gasteiger partial charge in [0.2, 0.25) is 5.91 Å². The molecule has 0 unspecified atom stereocenters. The van der Waals surface area contributed by atoms with Crippen molar-refractivity contribution in [3.05, 3.63) is 29.3 Å². The smallest absolute Gasteiger partial charge is 0.238 e. The summed E-state index contributed by atoms with van der Waals surface area (Å²) in [6, 6.07) is 7.07. The van der Waals surface area contributed by atoms with Crippen LogP contribution in [0.15, 0.2) is 24.3 Å². The van der Waals surface area contributed by atoms with Crippen LogP contribution in [0.3, 0.4) is 0 Å². The van der Waals surface area contributed by atoms with Crippen molar-refractivity contribution in [2.75, 3.05) is 18.4 Å². The summed E-state index contributed by atoms with van der Waals surface area (Å²) in [6.45, 7) is 3.35. The quantitative estimate of drug-likeness (QED) is 0.751. The fourth-order valence-electron chi connectivity index (χ4n) is 1.24. The van der Waals surface area contributed by atoms with E-state index in [4.69, 9.17) is 11.6 Å². The van der Waals surface area contributed by atoms with E-state index in [1.807, 2.05) is 0 Å². The molecule has 0 saturated carbocycles. The van der Waals surface area contributed by atoms with Gasteiger partial charge in [-0.15, -0.1) is 0 Å². The number of benzene rings is 1. The highest BCUT2D eigenvalue weighted by molar-refractivity contribution is 6.30. The Hall–Kier alpha value is -1.06. The molecule has 0 aliphatic heterocycles. The predicted octanol–water partition coefficient (Wildman–Crippen LogP) is 2.67. The number of halogens is 1. The minimum Gasteiger partial charge on any atom is -0.325 e. The molecule has 0 radical (unpaired) electrons. The molecular formula is C12H17ClN2O. The molecule has 1 aromatic carbocycles. The van der Waals surface area contributed by atoms with E-state index in [0.717, 1.165) is 25.1 Å². The Balaban J connectivity index is 2.26. The standard InChI is InChI=1S/C12H17ClN2O/c1-2-3-8-14-9-12(16)15-11-6-4-10(13)5-7-11/h4-7,14H,2-3,8-9H2,1H3,(H,15,16). The van der Waals surface area contributed by atoms with E-state index in [2.05, 4.69) is 17.6 Å². The number of anilines is 1. The number of carbonyl (C=O) groups is 1. The largest absolute Gasteiger partial charge is 0.325 e. The summed E-state index contributed by atoms with van der Waals surface area (Å²) >= 11 is 5.74. The summed E-state index contributed by atoms with van der Waals surface area (Å²) in [4.78, 5) is 11.5. The van der Waals surface area contributed by atoms with Gasteiger partial charge in [-0.05, 0) is 37.2 Å². The number of hydrogen-bond donors (Lipinski definition) is 2. The first kappa shape index (κ1) is 13.0. The van der Waals surface area contributed by atoms with E-state index in [1.54, 1.807) is 24.3 Å². The summed E-state index contributed by atoms with van der Waals surface area (Å²) in [6.07, 6.45) is 2.22. The lowest BCUT2D eigenvalue weighted by Gasteiger charge is -2.06. The fourth-order valence-corrected chi connectivity index (χ4v) is 1.37. The fraction of sp³-hybridized carbons (Fsp3) is 0.417. The Labute approximate surface area is 101 Å². The zero-order valence-corrected chi connectivity index (χ0v) is 10.2. The summed E-state index contributed by atoms with van der Waals surface area (Å²) < 4.78 is 0. The van der Waals surface area contributed by atoms with Gasteiger partial charge in [-0.25, -0.2) is 0 Å². The highest BCUT2D eigenvalue weighted by Crippen LogP contribution is 2.12. The van der Waals surface area contributed by atoms with E-state index < -0.39 is 0 Å². The van der Waals surface area contributed by atoms with Gasteiger partial charge in [0.1, 0.15) is 0 Å². The maximum absolute atomic E-state index is 11.5. The van der Waals surface area contributed by atoms with Crippen LogP contribution in [0.25, 0.3) is 0 Å². The third-order valence-electron chi connectivity index (χ3n) is 2.12. The second-order valence-electron chi connectivity index (χ2n) is 3.59. The number of unbranched alkanes of at least 4 members (excludes halogenated alkanes) is 1. The van der Waals surface area contributed by atoms with Gasteiger partial charge in [0.05, 0.1) is 6.54 Å². The first-order valence-corrected chi connectivity index (χ1v) is 5.86. The van der Waals surface area contributed by atoms with Gasteiger partial charge in [0.25, 0.3) is 0 Å². The van der Waals surface area contributed by atoms with Crippen LogP contribution in [0.1, 0.15) is 19.8 Å². The van der Waals surface area contributed by atoms with E-state index in [1.165, 1.54) is 0 Å². The average Bonchev–Trinajstić information content (AvgIpc) is 2.28. The number of rotatable bonds is 6. The molecule has 0 heterocycles. The van der Waals surface area contributed by atoms with Crippen LogP contribution in [-0.2, 0) is 4.79 Å². The minimum atomic E-state index is -0.0292. The van der Waals surface area contributed by atoms with Crippen molar-refractivity contribution in [2.24, 2.45) is 0 Å². The third-order valence-corrected chi connectivity index (χ3v) is 2.37. The summed E-state index contributed by atoms with van der Waals surface area (Å²) in [5.74, 6) is -0.0292. The van der Waals surface area contributed by atoms with Gasteiger partial charge >= 0.3 is 0 Å². The number of carbonyl (C=O) groups excluding carboxylic acids is 1. The molecule has 0 aliphatic carbocycles. The maximum atomic E-state index is 11.5. The number of nitrogens with one attached hydrogen (secondary N) is 2. The molecule has 3 nitrogen and oxygen atoms in total. The second kappa shape index (κ2) is 7.25. The molecule has 4 heteroatoms. The lowest BCUT2D eigenvalue weighted by atomic mass is 10.3. The molecular weight excluding hydrogens is 224 g/mol. The van der Waals surface area contributed by atoms with Gasteiger partial charge in [-0.1, -0.05) is 24.9 Å². The van der Waals surface area contributed by atoms with Crippen molar-refractivity contribution in [3.63, 3.8) is 0 Å². The normalized spacial score (nSPS) is 10.1. The highest BCUT2D eigenvalue weighted by atomic mass is 35.5. The number of amides is 1. The zero-order valence-electron chi connectivity index (χ0n) is 9.42. The first-order chi connectivity index (χ1) is 7.72. The van der Waals surface area contributed by atoms with Gasteiger partial charge in [0.15, 0.2) is 0 Å². The van der Waals surface area contributed by atoms with Crippen molar-refractivity contribution in [3.8, 4) is 0 Å². The molecule has 0 aliphatic rings. The van der Waals surface area contributed by atoms with Crippen molar-refractivity contribution >= 4 is 23.2 Å². The molecule has 16 heavy (non-hydrogen) atoms. The van der Waals surface area contributed by atoms with Crippen LogP contribution in [0, 0.1) is 0 Å². The van der Waals surface area contributed by atoms with E-state index in [-0.39, 0.29) is 5.91 Å². The molecule has 1 aromatic rings. The van der Waals surface area contributed by atoms with Crippen molar-refractivity contribution in [2.45, 2.75) is 19.8 Å². The van der Waals surface area contributed by atoms with Gasteiger partial charge < -0.3 is 10.6 Å². The first-order valence-electron chi connectivity index (χ1n) is 5.48. The lowest BCUT2D eigenvalue weighted by molar-refractivity contribution is -0.115. The van der Waals surface area contributed by atoms with E-state index in [9.17, 15) is 4.79 Å². The second-order valence-corrected chi connectivity index (χ2v) is 4.02. The lowest BCUT2D eigenvalue weighted by Crippen LogP contribution is -2.28. The third kappa shape index (κ3) is 5.14. The van der Waals surface area contributed by atoms with Crippen LogP contribution >= 0.6 is 11.6 Å². The topological polar surface area (TPSA) is 41.1 Å². The van der Waals surface area contributed by atoms with E-state index >= 15 is 0 Å². The van der Waals surface area contributed by atoms with Crippen molar-refractivity contribution in [1.29, 1.82) is 0 Å². The van der Waals surface area contributed by atoms with Crippen LogP contribution in [0.4, 0.5) is 5.69 Å². The predicted molar refractivity (Wildman–Crippen MR) is 67.9 cm³/mol. The Morgan fingerprint density at radius 1 is 1.31 bits per heavy atom. The molecule has 1 rings (SSSR count). The van der Waals surface area contributed by atoms with Crippen LogP contribution in [0.5, 0.6) is 0 Å². The molecule has 0 spiro atoms. The Morgan fingerprint density at radius 3 is 2.62 bits per heavy atom. The van der Waals surface area contributed by atoms with Gasteiger partial charge in [-0.3, -0.25) is 4.79 Å². The summed E-state index contributed by atoms with van der Waals surface area (Å²) in [7, 11) is 0. The molecule has 0 atom stereocenters. The Kier molecular flexibility index (Phi) is 5.90. The maximum Gasteiger partial charge on any atom is 0.238 e. The Morgan fingerprint density at radius 2 is 2.00 bits per heavy atom. The summed E-state index contributed by atoms with van der Waals surface area (Å²) in [5, 5.41) is 6.53. The minimum absolute atomic E-state index is 0.0292. The molecule has 0 bridgehead atoms. The van der Waals surface area contributed by atoms with Crippen LogP contribution in [0.2, 0.25) is 5.02 Å². The van der Waals surface area contributed by atoms with Gasteiger partial charge in [0, 0.05) is 10.7 Å². The highest BCUT2D eigenvalue weighted by Gasteiger charge is 2.00. The molecule has 88 valence electrons. The molecule has 0 aromatic heterocycles. The molecule has 0 saturated heterocycles. The monoisotopic (exact) mass is 240 g/mol. The van der Waals surface area contributed by atoms with Crippen LogP contribution < -0.4 is 10.6 Å². The molecule has 0 fully saturated rings. The van der Waals surface area contributed by atoms with E-state index in [0.29, 0.717) is 11.6 Å². The van der Waals surface area contributed by atoms with Crippen molar-refractivity contribution in [1.82, 2.24) is 5.32 Å². The SMILES string of the molecule is CCCCNCC(=O)Nc1ccc(Cl)cc1. The number of hydrogen-bond acceptors (Lipinski definition) is 2. The Bertz CT molecular complexity index is 324. The van der Waals surface area contributed by atoms with Gasteiger partial charge in [-0.2, -0.15) is 0 Å². The van der Waals surface area contributed by atoms with Crippen molar-refractivity contribution < 1.29 is 4.79 Å². The van der Waals surface area contributed by atoms with Crippen LogP contribution in [-0.4, -0.2) is 19.0 Å².